The van der Waals surface area contributed by atoms with Gasteiger partial charge >= 0.3 is 12.1 Å². The lowest BCUT2D eigenvalue weighted by Crippen LogP contribution is -2.49. The smallest absolute Gasteiger partial charge is 0.418 e. The average Bonchev–Trinajstić information content (AvgIpc) is 2.47. The number of alkyl halides is 3. The maximum atomic E-state index is 12.6. The highest BCUT2D eigenvalue weighted by molar-refractivity contribution is 5.69. The Morgan fingerprint density at radius 2 is 2.20 bits per heavy atom. The van der Waals surface area contributed by atoms with E-state index in [1.54, 1.807) is 0 Å². The molecule has 0 aromatic heterocycles. The zero-order chi connectivity index (χ0) is 11.7. The van der Waals surface area contributed by atoms with Crippen LogP contribution in [0.3, 0.4) is 0 Å². The number of hydrogen-bond acceptors (Lipinski definition) is 3. The van der Waals surface area contributed by atoms with Crippen LogP contribution in [-0.4, -0.2) is 54.5 Å². The third-order valence-electron chi connectivity index (χ3n) is 2.58. The topological polar surface area (TPSA) is 49.8 Å². The van der Waals surface area contributed by atoms with Gasteiger partial charge in [-0.25, -0.2) is 0 Å². The van der Waals surface area contributed by atoms with Gasteiger partial charge in [0.05, 0.1) is 6.54 Å². The molecule has 0 unspecified atom stereocenters. The van der Waals surface area contributed by atoms with E-state index in [4.69, 9.17) is 5.11 Å². The summed E-state index contributed by atoms with van der Waals surface area (Å²) >= 11 is 0. The van der Waals surface area contributed by atoms with E-state index in [1.807, 2.05) is 0 Å². The molecule has 4 nitrogen and oxygen atoms in total. The Morgan fingerprint density at radius 1 is 1.60 bits per heavy atom. The number of methoxy groups -OCH3 is 1. The highest BCUT2D eigenvalue weighted by Crippen LogP contribution is 2.40. The molecule has 1 atom stereocenters. The van der Waals surface area contributed by atoms with Gasteiger partial charge in [0, 0.05) is 20.2 Å². The van der Waals surface area contributed by atoms with Gasteiger partial charge in [0.25, 0.3) is 0 Å². The standard InChI is InChI=1S/C8H12F3NO3/c1-15-7(8(9,10)11)2-3-12(5-7)4-6(13)14/h2-5H2,1H3,(H,13,14)/t7-/m1/s1. The van der Waals surface area contributed by atoms with Crippen LogP contribution < -0.4 is 0 Å². The predicted octanol–water partition coefficient (Wildman–Crippen LogP) is 0.724. The SMILES string of the molecule is CO[C@]1(C(F)(F)F)CCN(CC(=O)O)C1. The second-order valence-electron chi connectivity index (χ2n) is 3.55. The van der Waals surface area contributed by atoms with Crippen LogP contribution >= 0.6 is 0 Å². The maximum Gasteiger partial charge on any atom is 0.418 e. The van der Waals surface area contributed by atoms with E-state index in [1.165, 1.54) is 4.90 Å². The highest BCUT2D eigenvalue weighted by Gasteiger charge is 2.58. The number of ether oxygens (including phenoxy) is 1. The molecular weight excluding hydrogens is 215 g/mol. The lowest BCUT2D eigenvalue weighted by atomic mass is 10.0. The highest BCUT2D eigenvalue weighted by atomic mass is 19.4. The Hall–Kier alpha value is -0.820. The van der Waals surface area contributed by atoms with E-state index in [9.17, 15) is 18.0 Å². The number of carbonyl (C=O) groups is 1. The van der Waals surface area contributed by atoms with Crippen LogP contribution in [0.5, 0.6) is 0 Å². The third-order valence-corrected chi connectivity index (χ3v) is 2.58. The average molecular weight is 227 g/mol. The lowest BCUT2D eigenvalue weighted by molar-refractivity contribution is -0.263. The molecule has 1 aliphatic heterocycles. The molecule has 1 N–H and O–H groups in total. The number of nitrogens with zero attached hydrogens (tertiary/aromatic N) is 1. The molecule has 0 spiro atoms. The first-order valence-electron chi connectivity index (χ1n) is 4.37. The summed E-state index contributed by atoms with van der Waals surface area (Å²) in [6, 6.07) is 0. The van der Waals surface area contributed by atoms with Gasteiger partial charge in [0.2, 0.25) is 0 Å². The molecule has 1 aliphatic rings. The fourth-order valence-electron chi connectivity index (χ4n) is 1.70. The van der Waals surface area contributed by atoms with Crippen LogP contribution in [0.15, 0.2) is 0 Å². The van der Waals surface area contributed by atoms with Crippen molar-refractivity contribution in [2.45, 2.75) is 18.2 Å². The quantitative estimate of drug-likeness (QED) is 0.772. The van der Waals surface area contributed by atoms with Crippen LogP contribution in [0.2, 0.25) is 0 Å². The van der Waals surface area contributed by atoms with Crippen molar-refractivity contribution >= 4 is 5.97 Å². The molecule has 1 fully saturated rings. The van der Waals surface area contributed by atoms with Gasteiger partial charge in [-0.3, -0.25) is 9.69 Å². The molecule has 0 aromatic carbocycles. The lowest BCUT2D eigenvalue weighted by Gasteiger charge is -2.30. The molecule has 88 valence electrons. The van der Waals surface area contributed by atoms with Gasteiger partial charge in [-0.2, -0.15) is 13.2 Å². The normalized spacial score (nSPS) is 28.3. The summed E-state index contributed by atoms with van der Waals surface area (Å²) in [5.74, 6) is -1.14. The zero-order valence-corrected chi connectivity index (χ0v) is 8.17. The van der Waals surface area contributed by atoms with Crippen LogP contribution in [0.1, 0.15) is 6.42 Å². The van der Waals surface area contributed by atoms with Crippen LogP contribution in [0, 0.1) is 0 Å². The number of aliphatic carboxylic acids is 1. The van der Waals surface area contributed by atoms with Crippen molar-refractivity contribution in [3.63, 3.8) is 0 Å². The van der Waals surface area contributed by atoms with Crippen molar-refractivity contribution in [3.8, 4) is 0 Å². The fraction of sp³-hybridized carbons (Fsp3) is 0.875. The first kappa shape index (κ1) is 12.3. The molecule has 7 heteroatoms. The zero-order valence-electron chi connectivity index (χ0n) is 8.17. The largest absolute Gasteiger partial charge is 0.480 e. The van der Waals surface area contributed by atoms with Crippen molar-refractivity contribution in [2.75, 3.05) is 26.7 Å². The minimum absolute atomic E-state index is 0.0830. The third kappa shape index (κ3) is 2.40. The Morgan fingerprint density at radius 3 is 2.53 bits per heavy atom. The minimum atomic E-state index is -4.46. The second-order valence-corrected chi connectivity index (χ2v) is 3.55. The van der Waals surface area contributed by atoms with E-state index in [2.05, 4.69) is 4.74 Å². The van der Waals surface area contributed by atoms with Crippen LogP contribution in [0.4, 0.5) is 13.2 Å². The molecule has 0 bridgehead atoms. The number of halogens is 3. The first-order valence-corrected chi connectivity index (χ1v) is 4.37. The molecule has 1 saturated heterocycles. The summed E-state index contributed by atoms with van der Waals surface area (Å²) in [5, 5.41) is 8.46. The monoisotopic (exact) mass is 227 g/mol. The molecule has 15 heavy (non-hydrogen) atoms. The van der Waals surface area contributed by atoms with Crippen molar-refractivity contribution in [2.24, 2.45) is 0 Å². The molecule has 0 radical (unpaired) electrons. The van der Waals surface area contributed by atoms with Gasteiger partial charge in [0.1, 0.15) is 0 Å². The summed E-state index contributed by atoms with van der Waals surface area (Å²) in [6.07, 6.45) is -4.69. The summed E-state index contributed by atoms with van der Waals surface area (Å²) in [6.45, 7) is -0.722. The molecule has 1 rings (SSSR count). The fourth-order valence-corrected chi connectivity index (χ4v) is 1.70. The van der Waals surface area contributed by atoms with Crippen molar-refractivity contribution in [1.82, 2.24) is 4.90 Å². The van der Waals surface area contributed by atoms with Gasteiger partial charge < -0.3 is 9.84 Å². The maximum absolute atomic E-state index is 12.6. The summed E-state index contributed by atoms with van der Waals surface area (Å²) in [4.78, 5) is 11.6. The minimum Gasteiger partial charge on any atom is -0.480 e. The summed E-state index contributed by atoms with van der Waals surface area (Å²) in [7, 11) is 0.998. The Kier molecular flexibility index (Phi) is 3.25. The Labute approximate surface area is 84.6 Å². The predicted molar refractivity (Wildman–Crippen MR) is 44.5 cm³/mol. The number of likely N-dealkylation sites (tertiary alicyclic amines) is 1. The van der Waals surface area contributed by atoms with Crippen molar-refractivity contribution < 1.29 is 27.8 Å². The molecule has 1 heterocycles. The van der Waals surface area contributed by atoms with Gasteiger partial charge in [-0.15, -0.1) is 0 Å². The molecular formula is C8H12F3NO3. The molecule has 0 aromatic rings. The van der Waals surface area contributed by atoms with Gasteiger partial charge in [-0.05, 0) is 6.42 Å². The number of carboxylic acid groups (broad SMARTS) is 1. The van der Waals surface area contributed by atoms with E-state index in [-0.39, 0.29) is 19.5 Å². The van der Waals surface area contributed by atoms with Crippen LogP contribution in [-0.2, 0) is 9.53 Å². The second kappa shape index (κ2) is 3.97. The van der Waals surface area contributed by atoms with Gasteiger partial charge in [0.15, 0.2) is 5.60 Å². The molecule has 0 aliphatic carbocycles. The number of carboxylic acids is 1. The Bertz CT molecular complexity index is 256. The summed E-state index contributed by atoms with van der Waals surface area (Å²) in [5.41, 5.74) is -2.21. The molecule has 0 amide bonds. The first-order chi connectivity index (χ1) is 6.81. The number of hydrogen-bond donors (Lipinski definition) is 1. The van der Waals surface area contributed by atoms with E-state index in [0.717, 1.165) is 7.11 Å². The van der Waals surface area contributed by atoms with Crippen molar-refractivity contribution in [3.05, 3.63) is 0 Å². The van der Waals surface area contributed by atoms with E-state index >= 15 is 0 Å². The Balaban J connectivity index is 2.69. The van der Waals surface area contributed by atoms with E-state index in [0.29, 0.717) is 0 Å². The van der Waals surface area contributed by atoms with E-state index < -0.39 is 24.3 Å². The summed E-state index contributed by atoms with van der Waals surface area (Å²) < 4.78 is 42.4. The van der Waals surface area contributed by atoms with Gasteiger partial charge in [-0.1, -0.05) is 0 Å². The van der Waals surface area contributed by atoms with Crippen molar-refractivity contribution in [1.29, 1.82) is 0 Å². The molecule has 0 saturated carbocycles. The number of rotatable bonds is 3. The van der Waals surface area contributed by atoms with Crippen LogP contribution in [0.25, 0.3) is 0 Å².